The van der Waals surface area contributed by atoms with Crippen molar-refractivity contribution < 1.29 is 13.6 Å². The van der Waals surface area contributed by atoms with Crippen molar-refractivity contribution in [2.75, 3.05) is 5.32 Å². The number of halogens is 4. The third-order valence-electron chi connectivity index (χ3n) is 2.23. The Balaban J connectivity index is 2.27. The first kappa shape index (κ1) is 14.1. The van der Waals surface area contributed by atoms with E-state index in [9.17, 15) is 13.6 Å². The average Bonchev–Trinajstić information content (AvgIpc) is 2.36. The number of amides is 1. The molecule has 0 atom stereocenters. The number of benzene rings is 1. The zero-order valence-corrected chi connectivity index (χ0v) is 12.4. The van der Waals surface area contributed by atoms with Crippen LogP contribution in [0.5, 0.6) is 0 Å². The Morgan fingerprint density at radius 1 is 1.11 bits per heavy atom. The van der Waals surface area contributed by atoms with Crippen LogP contribution in [-0.2, 0) is 0 Å². The van der Waals surface area contributed by atoms with Crippen molar-refractivity contribution in [1.29, 1.82) is 0 Å². The molecular weight excluding hydrogens is 386 g/mol. The predicted octanol–water partition coefficient (Wildman–Crippen LogP) is 4.14. The number of carbonyl (C=O) groups excluding carboxylic acids is 1. The molecule has 1 heterocycles. The van der Waals surface area contributed by atoms with Crippen molar-refractivity contribution in [3.63, 3.8) is 0 Å². The van der Waals surface area contributed by atoms with Gasteiger partial charge in [0.05, 0.1) is 15.7 Å². The van der Waals surface area contributed by atoms with E-state index in [1.54, 1.807) is 0 Å². The number of pyridine rings is 1. The molecule has 0 saturated heterocycles. The van der Waals surface area contributed by atoms with Crippen LogP contribution in [0, 0.1) is 11.6 Å². The summed E-state index contributed by atoms with van der Waals surface area (Å²) in [4.78, 5) is 15.7. The van der Waals surface area contributed by atoms with Gasteiger partial charge in [0.25, 0.3) is 5.91 Å². The van der Waals surface area contributed by atoms with Crippen LogP contribution in [0.4, 0.5) is 14.5 Å². The maximum atomic E-state index is 13.5. The number of hydrogen-bond acceptors (Lipinski definition) is 2. The summed E-state index contributed by atoms with van der Waals surface area (Å²) in [6, 6.07) is 3.38. The van der Waals surface area contributed by atoms with Gasteiger partial charge in [-0.25, -0.2) is 8.78 Å². The van der Waals surface area contributed by atoms with Gasteiger partial charge < -0.3 is 5.32 Å². The fourth-order valence-corrected chi connectivity index (χ4v) is 2.03. The number of anilines is 1. The highest BCUT2D eigenvalue weighted by atomic mass is 79.9. The third-order valence-corrected chi connectivity index (χ3v) is 3.27. The van der Waals surface area contributed by atoms with Crippen LogP contribution in [0.3, 0.4) is 0 Å². The maximum absolute atomic E-state index is 13.5. The summed E-state index contributed by atoms with van der Waals surface area (Å²) >= 11 is 6.03. The molecule has 0 spiro atoms. The van der Waals surface area contributed by atoms with Crippen molar-refractivity contribution in [3.8, 4) is 0 Å². The van der Waals surface area contributed by atoms with Crippen molar-refractivity contribution in [3.05, 3.63) is 56.7 Å². The molecule has 0 radical (unpaired) electrons. The van der Waals surface area contributed by atoms with Gasteiger partial charge in [-0.15, -0.1) is 0 Å². The second kappa shape index (κ2) is 5.75. The minimum Gasteiger partial charge on any atom is -0.319 e. The molecule has 2 aromatic rings. The van der Waals surface area contributed by atoms with Crippen LogP contribution < -0.4 is 5.32 Å². The molecule has 0 aliphatic heterocycles. The fraction of sp³-hybridized carbons (Fsp3) is 0. The van der Waals surface area contributed by atoms with E-state index in [0.717, 1.165) is 12.1 Å². The summed E-state index contributed by atoms with van der Waals surface area (Å²) < 4.78 is 27.4. The Hall–Kier alpha value is -1.34. The fourth-order valence-electron chi connectivity index (χ4n) is 1.35. The van der Waals surface area contributed by atoms with Gasteiger partial charge in [-0.3, -0.25) is 9.78 Å². The first-order valence-corrected chi connectivity index (χ1v) is 6.62. The second-order valence-electron chi connectivity index (χ2n) is 3.59. The molecule has 0 saturated carbocycles. The van der Waals surface area contributed by atoms with Gasteiger partial charge in [-0.1, -0.05) is 0 Å². The topological polar surface area (TPSA) is 42.0 Å². The Morgan fingerprint density at radius 3 is 2.53 bits per heavy atom. The first-order chi connectivity index (χ1) is 8.97. The minimum absolute atomic E-state index is 0.00730. The highest BCUT2D eigenvalue weighted by Crippen LogP contribution is 2.23. The number of carbonyl (C=O) groups is 1. The van der Waals surface area contributed by atoms with Gasteiger partial charge in [0, 0.05) is 22.9 Å². The summed E-state index contributed by atoms with van der Waals surface area (Å²) in [6.45, 7) is 0. The van der Waals surface area contributed by atoms with Crippen LogP contribution in [0.1, 0.15) is 10.4 Å². The normalized spacial score (nSPS) is 10.3. The SMILES string of the molecule is O=C(Nc1cc(F)c(Br)cc1F)c1cncc(Br)c1. The molecule has 1 aromatic carbocycles. The third kappa shape index (κ3) is 3.36. The molecule has 1 amide bonds. The lowest BCUT2D eigenvalue weighted by atomic mass is 10.2. The molecule has 0 aliphatic carbocycles. The molecule has 0 bridgehead atoms. The number of hydrogen-bond donors (Lipinski definition) is 1. The largest absolute Gasteiger partial charge is 0.319 e. The molecule has 0 aliphatic rings. The lowest BCUT2D eigenvalue weighted by Crippen LogP contribution is -2.13. The standard InChI is InChI=1S/C12H6Br2F2N2O/c13-7-1-6(4-17-5-7)12(19)18-11-3-9(15)8(14)2-10(11)16/h1-5H,(H,18,19). The lowest BCUT2D eigenvalue weighted by molar-refractivity contribution is 0.102. The van der Waals surface area contributed by atoms with Gasteiger partial charge in [-0.05, 0) is 44.0 Å². The average molecular weight is 392 g/mol. The number of rotatable bonds is 2. The Bertz CT molecular complexity index is 650. The first-order valence-electron chi connectivity index (χ1n) is 5.04. The number of aromatic nitrogens is 1. The van der Waals surface area contributed by atoms with Gasteiger partial charge in [-0.2, -0.15) is 0 Å². The quantitative estimate of drug-likeness (QED) is 0.782. The van der Waals surface area contributed by atoms with Crippen LogP contribution in [0.25, 0.3) is 0 Å². The van der Waals surface area contributed by atoms with E-state index >= 15 is 0 Å². The van der Waals surface area contributed by atoms with E-state index < -0.39 is 17.5 Å². The van der Waals surface area contributed by atoms with E-state index in [1.807, 2.05) is 0 Å². The van der Waals surface area contributed by atoms with Crippen molar-refractivity contribution >= 4 is 43.5 Å². The smallest absolute Gasteiger partial charge is 0.257 e. The van der Waals surface area contributed by atoms with Crippen molar-refractivity contribution in [2.24, 2.45) is 0 Å². The van der Waals surface area contributed by atoms with E-state index in [1.165, 1.54) is 18.5 Å². The molecule has 19 heavy (non-hydrogen) atoms. The Morgan fingerprint density at radius 2 is 1.84 bits per heavy atom. The van der Waals surface area contributed by atoms with Crippen LogP contribution in [0.15, 0.2) is 39.5 Å². The molecule has 2 rings (SSSR count). The highest BCUT2D eigenvalue weighted by Gasteiger charge is 2.13. The lowest BCUT2D eigenvalue weighted by Gasteiger charge is -2.07. The summed E-state index contributed by atoms with van der Waals surface area (Å²) in [6.07, 6.45) is 2.84. The van der Waals surface area contributed by atoms with Gasteiger partial charge in [0.1, 0.15) is 11.6 Å². The van der Waals surface area contributed by atoms with E-state index in [4.69, 9.17) is 0 Å². The van der Waals surface area contributed by atoms with Crippen LogP contribution in [-0.4, -0.2) is 10.9 Å². The Labute approximate surface area is 124 Å². The van der Waals surface area contributed by atoms with E-state index in [0.29, 0.717) is 4.47 Å². The van der Waals surface area contributed by atoms with Gasteiger partial charge in [0.15, 0.2) is 0 Å². The maximum Gasteiger partial charge on any atom is 0.257 e. The van der Waals surface area contributed by atoms with Gasteiger partial charge in [0.2, 0.25) is 0 Å². The summed E-state index contributed by atoms with van der Waals surface area (Å²) in [5, 5.41) is 2.29. The monoisotopic (exact) mass is 390 g/mol. The molecule has 7 heteroatoms. The minimum atomic E-state index is -0.732. The van der Waals surface area contributed by atoms with Crippen molar-refractivity contribution in [1.82, 2.24) is 4.98 Å². The predicted molar refractivity (Wildman–Crippen MR) is 73.9 cm³/mol. The summed E-state index contributed by atoms with van der Waals surface area (Å²) in [5.41, 5.74) is 0.00257. The highest BCUT2D eigenvalue weighted by molar-refractivity contribution is 9.10. The van der Waals surface area contributed by atoms with Crippen molar-refractivity contribution in [2.45, 2.75) is 0 Å². The molecule has 0 fully saturated rings. The number of nitrogens with one attached hydrogen (secondary N) is 1. The van der Waals surface area contributed by atoms with Gasteiger partial charge >= 0.3 is 0 Å². The molecule has 98 valence electrons. The van der Waals surface area contributed by atoms with Crippen LogP contribution >= 0.6 is 31.9 Å². The zero-order chi connectivity index (χ0) is 14.0. The van der Waals surface area contributed by atoms with Crippen LogP contribution in [0.2, 0.25) is 0 Å². The molecule has 1 aromatic heterocycles. The molecular formula is C12H6Br2F2N2O. The molecule has 1 N–H and O–H groups in total. The zero-order valence-electron chi connectivity index (χ0n) is 9.25. The Kier molecular flexibility index (Phi) is 4.26. The second-order valence-corrected chi connectivity index (χ2v) is 5.36. The molecule has 0 unspecified atom stereocenters. The number of nitrogens with zero attached hydrogens (tertiary/aromatic N) is 1. The summed E-state index contributed by atoms with van der Waals surface area (Å²) in [7, 11) is 0. The molecule has 3 nitrogen and oxygen atoms in total. The summed E-state index contributed by atoms with van der Waals surface area (Å²) in [5.74, 6) is -1.97. The van der Waals surface area contributed by atoms with E-state index in [-0.39, 0.29) is 15.7 Å². The van der Waals surface area contributed by atoms with E-state index in [2.05, 4.69) is 42.2 Å².